The Hall–Kier alpha value is -1.46. The third-order valence-electron chi connectivity index (χ3n) is 4.11. The molecular weight excluding hydrogens is 284 g/mol. The first-order chi connectivity index (χ1) is 10.3. The number of nitrogens with zero attached hydrogens (tertiary/aromatic N) is 2. The van der Waals surface area contributed by atoms with Gasteiger partial charge in [-0.05, 0) is 39.5 Å². The second-order valence-electron chi connectivity index (χ2n) is 7.18. The van der Waals surface area contributed by atoms with Crippen molar-refractivity contribution in [2.75, 3.05) is 32.8 Å². The minimum Gasteiger partial charge on any atom is -0.449 e. The van der Waals surface area contributed by atoms with Crippen molar-refractivity contribution in [3.05, 3.63) is 0 Å². The van der Waals surface area contributed by atoms with Crippen LogP contribution >= 0.6 is 0 Å². The first-order valence-electron chi connectivity index (χ1n) is 8.25. The molecule has 0 atom stereocenters. The Labute approximate surface area is 132 Å². The molecule has 2 fully saturated rings. The van der Waals surface area contributed by atoms with E-state index in [-0.39, 0.29) is 12.2 Å². The van der Waals surface area contributed by atoms with Gasteiger partial charge in [0, 0.05) is 26.2 Å². The molecule has 0 bridgehead atoms. The molecule has 126 valence electrons. The summed E-state index contributed by atoms with van der Waals surface area (Å²) in [5.74, 6) is 0.534. The quantitative estimate of drug-likeness (QED) is 0.786. The van der Waals surface area contributed by atoms with Crippen LogP contribution in [0, 0.1) is 5.92 Å². The normalized spacial score (nSPS) is 20.1. The van der Waals surface area contributed by atoms with Crippen molar-refractivity contribution in [3.8, 4) is 0 Å². The number of hydrogen-bond acceptors (Lipinski definition) is 4. The summed E-state index contributed by atoms with van der Waals surface area (Å²) in [5, 5.41) is 0. The van der Waals surface area contributed by atoms with E-state index in [1.807, 2.05) is 20.8 Å². The van der Waals surface area contributed by atoms with Crippen LogP contribution in [0.5, 0.6) is 0 Å². The van der Waals surface area contributed by atoms with Gasteiger partial charge in [0.25, 0.3) is 0 Å². The number of ether oxygens (including phenoxy) is 2. The van der Waals surface area contributed by atoms with Crippen molar-refractivity contribution in [3.63, 3.8) is 0 Å². The molecule has 1 saturated heterocycles. The van der Waals surface area contributed by atoms with Gasteiger partial charge >= 0.3 is 12.2 Å². The van der Waals surface area contributed by atoms with E-state index < -0.39 is 5.60 Å². The average molecular weight is 312 g/mol. The van der Waals surface area contributed by atoms with Gasteiger partial charge in [0.2, 0.25) is 0 Å². The lowest BCUT2D eigenvalue weighted by Gasteiger charge is -2.35. The van der Waals surface area contributed by atoms with E-state index in [0.717, 1.165) is 0 Å². The Morgan fingerprint density at radius 2 is 1.45 bits per heavy atom. The number of amides is 2. The second kappa shape index (κ2) is 7.20. The lowest BCUT2D eigenvalue weighted by molar-refractivity contribution is 0.0121. The van der Waals surface area contributed by atoms with E-state index in [0.29, 0.717) is 38.7 Å². The molecule has 0 aromatic carbocycles. The molecule has 0 radical (unpaired) electrons. The van der Waals surface area contributed by atoms with Crippen molar-refractivity contribution in [2.45, 2.75) is 52.1 Å². The topological polar surface area (TPSA) is 59.1 Å². The summed E-state index contributed by atoms with van der Waals surface area (Å²) >= 11 is 0. The molecule has 1 aliphatic heterocycles. The fourth-order valence-electron chi connectivity index (χ4n) is 2.86. The number of carbonyl (C=O) groups is 2. The van der Waals surface area contributed by atoms with E-state index >= 15 is 0 Å². The molecule has 2 aliphatic rings. The largest absolute Gasteiger partial charge is 0.449 e. The van der Waals surface area contributed by atoms with Gasteiger partial charge in [-0.15, -0.1) is 0 Å². The molecule has 6 nitrogen and oxygen atoms in total. The third-order valence-corrected chi connectivity index (χ3v) is 4.11. The van der Waals surface area contributed by atoms with Crippen molar-refractivity contribution >= 4 is 12.2 Å². The number of rotatable bonds is 2. The van der Waals surface area contributed by atoms with E-state index in [1.54, 1.807) is 9.80 Å². The SMILES string of the molecule is CC(C)(C)OC(=O)N1CCN(C(=O)OCC2CCCC2)CC1. The molecule has 1 aliphatic carbocycles. The summed E-state index contributed by atoms with van der Waals surface area (Å²) < 4.78 is 10.7. The molecule has 0 aromatic rings. The first-order valence-corrected chi connectivity index (χ1v) is 8.25. The monoisotopic (exact) mass is 312 g/mol. The molecule has 0 spiro atoms. The number of carbonyl (C=O) groups excluding carboxylic acids is 2. The smallest absolute Gasteiger partial charge is 0.410 e. The highest BCUT2D eigenvalue weighted by Crippen LogP contribution is 2.25. The molecule has 22 heavy (non-hydrogen) atoms. The highest BCUT2D eigenvalue weighted by molar-refractivity contribution is 5.70. The van der Waals surface area contributed by atoms with Crippen LogP contribution in [0.3, 0.4) is 0 Å². The average Bonchev–Trinajstić information content (AvgIpc) is 2.96. The van der Waals surface area contributed by atoms with Gasteiger partial charge in [0.1, 0.15) is 5.60 Å². The van der Waals surface area contributed by atoms with Gasteiger partial charge < -0.3 is 19.3 Å². The van der Waals surface area contributed by atoms with Crippen LogP contribution in [0.25, 0.3) is 0 Å². The Morgan fingerprint density at radius 3 is 1.95 bits per heavy atom. The molecule has 1 heterocycles. The lowest BCUT2D eigenvalue weighted by Crippen LogP contribution is -2.51. The van der Waals surface area contributed by atoms with Gasteiger partial charge in [-0.1, -0.05) is 12.8 Å². The van der Waals surface area contributed by atoms with Crippen molar-refractivity contribution in [1.29, 1.82) is 0 Å². The molecule has 2 amide bonds. The van der Waals surface area contributed by atoms with Gasteiger partial charge in [0.15, 0.2) is 0 Å². The summed E-state index contributed by atoms with van der Waals surface area (Å²) in [6, 6.07) is 0. The molecular formula is C16H28N2O4. The second-order valence-corrected chi connectivity index (χ2v) is 7.18. The Balaban J connectivity index is 1.69. The Kier molecular flexibility index (Phi) is 5.53. The molecule has 0 N–H and O–H groups in total. The maximum absolute atomic E-state index is 12.0. The van der Waals surface area contributed by atoms with Gasteiger partial charge in [-0.2, -0.15) is 0 Å². The highest BCUT2D eigenvalue weighted by Gasteiger charge is 2.28. The minimum atomic E-state index is -0.492. The molecule has 1 saturated carbocycles. The highest BCUT2D eigenvalue weighted by atomic mass is 16.6. The fourth-order valence-corrected chi connectivity index (χ4v) is 2.86. The molecule has 2 rings (SSSR count). The predicted octanol–water partition coefficient (Wildman–Crippen LogP) is 2.87. The summed E-state index contributed by atoms with van der Waals surface area (Å²) in [6.07, 6.45) is 4.26. The Bertz CT molecular complexity index is 391. The van der Waals surface area contributed by atoms with Crippen LogP contribution in [0.15, 0.2) is 0 Å². The zero-order chi connectivity index (χ0) is 16.2. The van der Waals surface area contributed by atoms with E-state index in [1.165, 1.54) is 25.7 Å². The van der Waals surface area contributed by atoms with Crippen LogP contribution in [-0.4, -0.2) is 60.4 Å². The van der Waals surface area contributed by atoms with E-state index in [9.17, 15) is 9.59 Å². The summed E-state index contributed by atoms with van der Waals surface area (Å²) in [7, 11) is 0. The zero-order valence-electron chi connectivity index (χ0n) is 14.0. The van der Waals surface area contributed by atoms with Crippen LogP contribution in [0.2, 0.25) is 0 Å². The van der Waals surface area contributed by atoms with Crippen LogP contribution < -0.4 is 0 Å². The zero-order valence-corrected chi connectivity index (χ0v) is 14.0. The maximum Gasteiger partial charge on any atom is 0.410 e. The lowest BCUT2D eigenvalue weighted by atomic mass is 10.1. The maximum atomic E-state index is 12.0. The predicted molar refractivity (Wildman–Crippen MR) is 82.7 cm³/mol. The van der Waals surface area contributed by atoms with E-state index in [4.69, 9.17) is 9.47 Å². The van der Waals surface area contributed by atoms with E-state index in [2.05, 4.69) is 0 Å². The third kappa shape index (κ3) is 5.07. The van der Waals surface area contributed by atoms with Crippen molar-refractivity contribution in [2.24, 2.45) is 5.92 Å². The van der Waals surface area contributed by atoms with Gasteiger partial charge in [-0.3, -0.25) is 0 Å². The molecule has 6 heteroatoms. The van der Waals surface area contributed by atoms with Gasteiger partial charge in [0.05, 0.1) is 6.61 Å². The summed E-state index contributed by atoms with van der Waals surface area (Å²) in [6.45, 7) is 8.07. The summed E-state index contributed by atoms with van der Waals surface area (Å²) in [5.41, 5.74) is -0.492. The van der Waals surface area contributed by atoms with Gasteiger partial charge in [-0.25, -0.2) is 9.59 Å². The first kappa shape index (κ1) is 16.9. The number of hydrogen-bond donors (Lipinski definition) is 0. The molecule has 0 unspecified atom stereocenters. The fraction of sp³-hybridized carbons (Fsp3) is 0.875. The van der Waals surface area contributed by atoms with Crippen LogP contribution in [-0.2, 0) is 9.47 Å². The molecule has 0 aromatic heterocycles. The van der Waals surface area contributed by atoms with Crippen molar-refractivity contribution < 1.29 is 19.1 Å². The van der Waals surface area contributed by atoms with Crippen LogP contribution in [0.1, 0.15) is 46.5 Å². The van der Waals surface area contributed by atoms with Crippen LogP contribution in [0.4, 0.5) is 9.59 Å². The van der Waals surface area contributed by atoms with Crippen molar-refractivity contribution in [1.82, 2.24) is 9.80 Å². The minimum absolute atomic E-state index is 0.254. The summed E-state index contributed by atoms with van der Waals surface area (Å²) in [4.78, 5) is 27.3. The number of piperazine rings is 1. The standard InChI is InChI=1S/C16H28N2O4/c1-16(2,3)22-15(20)18-10-8-17(9-11-18)14(19)21-12-13-6-4-5-7-13/h13H,4-12H2,1-3H3. The Morgan fingerprint density at radius 1 is 0.955 bits per heavy atom.